The van der Waals surface area contributed by atoms with Crippen molar-refractivity contribution < 1.29 is 9.59 Å². The number of piperidine rings is 1. The standard InChI is InChI=1S/C12H23N3O2/c1-9(2)11(13)12(17)14-8-10(16)15-6-4-3-5-7-15/h9,11H,3-8,13H2,1-2H3,(H,14,17)/t11-/m0/s1. The molecule has 1 rings (SSSR count). The normalized spacial score (nSPS) is 18.0. The van der Waals surface area contributed by atoms with Crippen molar-refractivity contribution in [3.8, 4) is 0 Å². The summed E-state index contributed by atoms with van der Waals surface area (Å²) >= 11 is 0. The molecule has 0 aromatic carbocycles. The molecule has 98 valence electrons. The van der Waals surface area contributed by atoms with Gasteiger partial charge in [-0.3, -0.25) is 9.59 Å². The molecule has 1 heterocycles. The highest BCUT2D eigenvalue weighted by Crippen LogP contribution is 2.08. The van der Waals surface area contributed by atoms with Crippen molar-refractivity contribution in [2.24, 2.45) is 11.7 Å². The van der Waals surface area contributed by atoms with Crippen molar-refractivity contribution in [1.82, 2.24) is 10.2 Å². The van der Waals surface area contributed by atoms with E-state index in [0.29, 0.717) is 0 Å². The van der Waals surface area contributed by atoms with Crippen molar-refractivity contribution >= 4 is 11.8 Å². The average Bonchev–Trinajstić information content (AvgIpc) is 2.35. The second-order valence-corrected chi connectivity index (χ2v) is 4.93. The van der Waals surface area contributed by atoms with Crippen LogP contribution in [0.4, 0.5) is 0 Å². The van der Waals surface area contributed by atoms with Crippen LogP contribution in [0, 0.1) is 5.92 Å². The molecule has 2 amide bonds. The van der Waals surface area contributed by atoms with Gasteiger partial charge in [0.05, 0.1) is 12.6 Å². The van der Waals surface area contributed by atoms with Crippen LogP contribution in [0.1, 0.15) is 33.1 Å². The van der Waals surface area contributed by atoms with Crippen LogP contribution < -0.4 is 11.1 Å². The number of carbonyl (C=O) groups excluding carboxylic acids is 2. The quantitative estimate of drug-likeness (QED) is 0.733. The molecule has 0 bridgehead atoms. The van der Waals surface area contributed by atoms with Crippen molar-refractivity contribution in [3.63, 3.8) is 0 Å². The average molecular weight is 241 g/mol. The van der Waals surface area contributed by atoms with Gasteiger partial charge in [0.25, 0.3) is 0 Å². The number of nitrogens with two attached hydrogens (primary N) is 1. The molecule has 1 aliphatic rings. The van der Waals surface area contributed by atoms with E-state index >= 15 is 0 Å². The molecule has 1 aliphatic heterocycles. The van der Waals surface area contributed by atoms with E-state index in [2.05, 4.69) is 5.32 Å². The van der Waals surface area contributed by atoms with E-state index < -0.39 is 6.04 Å². The number of hydrogen-bond acceptors (Lipinski definition) is 3. The first kappa shape index (κ1) is 14.0. The Bertz CT molecular complexity index is 273. The molecule has 0 unspecified atom stereocenters. The highest BCUT2D eigenvalue weighted by molar-refractivity contribution is 5.87. The summed E-state index contributed by atoms with van der Waals surface area (Å²) in [7, 11) is 0. The fourth-order valence-corrected chi connectivity index (χ4v) is 1.84. The van der Waals surface area contributed by atoms with Gasteiger partial charge in [0.1, 0.15) is 0 Å². The number of amides is 2. The molecule has 0 radical (unpaired) electrons. The Labute approximate surface area is 103 Å². The Morgan fingerprint density at radius 3 is 2.35 bits per heavy atom. The summed E-state index contributed by atoms with van der Waals surface area (Å²) in [6.07, 6.45) is 3.31. The fraction of sp³-hybridized carbons (Fsp3) is 0.833. The van der Waals surface area contributed by atoms with Crippen LogP contribution in [0.2, 0.25) is 0 Å². The first-order valence-corrected chi connectivity index (χ1v) is 6.33. The lowest BCUT2D eigenvalue weighted by molar-refractivity contribution is -0.134. The highest BCUT2D eigenvalue weighted by atomic mass is 16.2. The van der Waals surface area contributed by atoms with E-state index in [9.17, 15) is 9.59 Å². The lowest BCUT2D eigenvalue weighted by atomic mass is 10.1. The van der Waals surface area contributed by atoms with Gasteiger partial charge in [-0.1, -0.05) is 13.8 Å². The Kier molecular flexibility index (Phi) is 5.41. The first-order chi connectivity index (χ1) is 8.02. The molecule has 0 aromatic rings. The monoisotopic (exact) mass is 241 g/mol. The zero-order valence-electron chi connectivity index (χ0n) is 10.7. The molecule has 17 heavy (non-hydrogen) atoms. The van der Waals surface area contributed by atoms with Crippen molar-refractivity contribution in [1.29, 1.82) is 0 Å². The molecular formula is C12H23N3O2. The Balaban J connectivity index is 2.29. The van der Waals surface area contributed by atoms with E-state index in [4.69, 9.17) is 5.73 Å². The minimum Gasteiger partial charge on any atom is -0.346 e. The molecule has 1 fully saturated rings. The largest absolute Gasteiger partial charge is 0.346 e. The van der Waals surface area contributed by atoms with Crippen molar-refractivity contribution in [2.45, 2.75) is 39.2 Å². The molecule has 1 atom stereocenters. The number of nitrogens with one attached hydrogen (secondary N) is 1. The maximum absolute atomic E-state index is 11.8. The molecule has 0 spiro atoms. The van der Waals surface area contributed by atoms with Crippen molar-refractivity contribution in [3.05, 3.63) is 0 Å². The third kappa shape index (κ3) is 4.34. The molecule has 0 aliphatic carbocycles. The minimum atomic E-state index is -0.538. The van der Waals surface area contributed by atoms with Crippen molar-refractivity contribution in [2.75, 3.05) is 19.6 Å². The molecule has 0 saturated carbocycles. The predicted octanol–water partition coefficient (Wildman–Crippen LogP) is 0.0984. The van der Waals surface area contributed by atoms with E-state index in [1.807, 2.05) is 18.7 Å². The minimum absolute atomic E-state index is 0.00555. The van der Waals surface area contributed by atoms with E-state index in [1.165, 1.54) is 6.42 Å². The van der Waals surface area contributed by atoms with Gasteiger partial charge in [-0.2, -0.15) is 0 Å². The number of carbonyl (C=O) groups is 2. The van der Waals surface area contributed by atoms with Crippen LogP contribution >= 0.6 is 0 Å². The maximum atomic E-state index is 11.8. The summed E-state index contributed by atoms with van der Waals surface area (Å²) in [6, 6.07) is -0.538. The summed E-state index contributed by atoms with van der Waals surface area (Å²) in [5.41, 5.74) is 5.69. The number of hydrogen-bond donors (Lipinski definition) is 2. The topological polar surface area (TPSA) is 75.4 Å². The van der Waals surface area contributed by atoms with Gasteiger partial charge in [-0.15, -0.1) is 0 Å². The fourth-order valence-electron chi connectivity index (χ4n) is 1.84. The Hall–Kier alpha value is -1.10. The van der Waals surface area contributed by atoms with Gasteiger partial charge in [0.15, 0.2) is 0 Å². The van der Waals surface area contributed by atoms with E-state index in [-0.39, 0.29) is 24.3 Å². The van der Waals surface area contributed by atoms with Crippen LogP contribution in [0.3, 0.4) is 0 Å². The Morgan fingerprint density at radius 1 is 1.24 bits per heavy atom. The summed E-state index contributed by atoms with van der Waals surface area (Å²) < 4.78 is 0. The lowest BCUT2D eigenvalue weighted by Crippen LogP contribution is -2.48. The van der Waals surface area contributed by atoms with Crippen LogP contribution in [0.25, 0.3) is 0 Å². The number of rotatable bonds is 4. The second kappa shape index (κ2) is 6.59. The summed E-state index contributed by atoms with van der Waals surface area (Å²) in [6.45, 7) is 5.46. The lowest BCUT2D eigenvalue weighted by Gasteiger charge is -2.27. The number of nitrogens with zero attached hydrogens (tertiary/aromatic N) is 1. The number of likely N-dealkylation sites (tertiary alicyclic amines) is 1. The van der Waals surface area contributed by atoms with Gasteiger partial charge >= 0.3 is 0 Å². The van der Waals surface area contributed by atoms with Gasteiger partial charge < -0.3 is 16.0 Å². The van der Waals surface area contributed by atoms with Crippen LogP contribution in [0.15, 0.2) is 0 Å². The summed E-state index contributed by atoms with van der Waals surface area (Å²) in [5, 5.41) is 2.61. The maximum Gasteiger partial charge on any atom is 0.241 e. The van der Waals surface area contributed by atoms with Gasteiger partial charge in [-0.05, 0) is 25.2 Å². The molecule has 5 heteroatoms. The third-order valence-corrected chi connectivity index (χ3v) is 3.14. The van der Waals surface area contributed by atoms with E-state index in [1.54, 1.807) is 0 Å². The zero-order chi connectivity index (χ0) is 12.8. The van der Waals surface area contributed by atoms with Gasteiger partial charge in [0.2, 0.25) is 11.8 Å². The SMILES string of the molecule is CC(C)[C@H](N)C(=O)NCC(=O)N1CCCCC1. The smallest absolute Gasteiger partial charge is 0.241 e. The van der Waals surface area contributed by atoms with Gasteiger partial charge in [-0.25, -0.2) is 0 Å². The van der Waals surface area contributed by atoms with Crippen LogP contribution in [-0.2, 0) is 9.59 Å². The first-order valence-electron chi connectivity index (χ1n) is 6.33. The molecule has 0 aromatic heterocycles. The zero-order valence-corrected chi connectivity index (χ0v) is 10.7. The van der Waals surface area contributed by atoms with Gasteiger partial charge in [0, 0.05) is 13.1 Å². The third-order valence-electron chi connectivity index (χ3n) is 3.14. The predicted molar refractivity (Wildman–Crippen MR) is 66.3 cm³/mol. The molecule has 3 N–H and O–H groups in total. The molecular weight excluding hydrogens is 218 g/mol. The molecule has 5 nitrogen and oxygen atoms in total. The Morgan fingerprint density at radius 2 is 1.82 bits per heavy atom. The summed E-state index contributed by atoms with van der Waals surface area (Å²) in [5.74, 6) is -0.167. The molecule has 1 saturated heterocycles. The van der Waals surface area contributed by atoms with Crippen LogP contribution in [0.5, 0.6) is 0 Å². The second-order valence-electron chi connectivity index (χ2n) is 4.93. The van der Waals surface area contributed by atoms with E-state index in [0.717, 1.165) is 25.9 Å². The van der Waals surface area contributed by atoms with Crippen LogP contribution in [-0.4, -0.2) is 42.4 Å². The summed E-state index contributed by atoms with van der Waals surface area (Å²) in [4.78, 5) is 25.1. The highest BCUT2D eigenvalue weighted by Gasteiger charge is 2.20.